The smallest absolute Gasteiger partial charge is 0.261 e. The van der Waals surface area contributed by atoms with Crippen LogP contribution < -0.4 is 5.56 Å². The summed E-state index contributed by atoms with van der Waals surface area (Å²) in [4.78, 5) is 34.5. The van der Waals surface area contributed by atoms with Crippen molar-refractivity contribution in [3.63, 3.8) is 0 Å². The van der Waals surface area contributed by atoms with E-state index in [-0.39, 0.29) is 24.1 Å². The molecule has 1 aliphatic heterocycles. The Morgan fingerprint density at radius 2 is 1.82 bits per heavy atom. The average molecular weight is 649 g/mol. The summed E-state index contributed by atoms with van der Waals surface area (Å²) in [7, 11) is 0. The quantitative estimate of drug-likeness (QED) is 0.254. The van der Waals surface area contributed by atoms with Crippen molar-refractivity contribution < 1.29 is 4.79 Å². The number of H-pyrrole nitrogens is 1. The minimum absolute atomic E-state index is 0.0643. The van der Waals surface area contributed by atoms with Gasteiger partial charge >= 0.3 is 0 Å². The van der Waals surface area contributed by atoms with E-state index >= 15 is 0 Å². The molecule has 0 spiro atoms. The first kappa shape index (κ1) is 28.0. The van der Waals surface area contributed by atoms with Crippen molar-refractivity contribution in [3.8, 4) is 17.1 Å². The van der Waals surface area contributed by atoms with Crippen LogP contribution in [0.1, 0.15) is 51.1 Å². The van der Waals surface area contributed by atoms with Gasteiger partial charge in [-0.15, -0.1) is 0 Å². The maximum absolute atomic E-state index is 14.4. The standard InChI is InChI=1S/C34H30BrN7O2/c1-20-15-25(11-14-29(20)35)33(43)40-19-30-28(16-21(40)2)34(44)41(27-12-9-24(10-13-27)31-37-22(3)38-39-31)32-26(18-36-42(30)32)17-23-7-5-4-6-8-23/h4-15,18,21H,16-17,19H2,1-3H3,(H,37,38,39)/t21-/m1/s1. The molecule has 9 nitrogen and oxygen atoms in total. The number of rotatable bonds is 5. The van der Waals surface area contributed by atoms with Crippen molar-refractivity contribution in [3.05, 3.63) is 133 Å². The predicted molar refractivity (Wildman–Crippen MR) is 172 cm³/mol. The largest absolute Gasteiger partial charge is 0.330 e. The first-order chi connectivity index (χ1) is 21.3. The summed E-state index contributed by atoms with van der Waals surface area (Å²) < 4.78 is 4.58. The van der Waals surface area contributed by atoms with Crippen molar-refractivity contribution in [2.45, 2.75) is 46.2 Å². The lowest BCUT2D eigenvalue weighted by Gasteiger charge is -2.35. The number of hydrogen-bond acceptors (Lipinski definition) is 5. The van der Waals surface area contributed by atoms with Crippen LogP contribution in [0.2, 0.25) is 0 Å². The Bertz CT molecular complexity index is 2090. The summed E-state index contributed by atoms with van der Waals surface area (Å²) in [5, 5.41) is 12.0. The number of nitrogens with one attached hydrogen (secondary N) is 1. The monoisotopic (exact) mass is 647 g/mol. The molecule has 0 bridgehead atoms. The molecule has 0 radical (unpaired) electrons. The highest BCUT2D eigenvalue weighted by atomic mass is 79.9. The molecular weight excluding hydrogens is 618 g/mol. The Hall–Kier alpha value is -4.83. The topological polar surface area (TPSA) is 101 Å². The number of aryl methyl sites for hydroxylation is 2. The van der Waals surface area contributed by atoms with Gasteiger partial charge in [-0.05, 0) is 80.8 Å². The lowest BCUT2D eigenvalue weighted by molar-refractivity contribution is 0.0651. The summed E-state index contributed by atoms with van der Waals surface area (Å²) >= 11 is 3.53. The van der Waals surface area contributed by atoms with Crippen LogP contribution >= 0.6 is 15.9 Å². The van der Waals surface area contributed by atoms with Crippen LogP contribution in [-0.4, -0.2) is 46.2 Å². The fraction of sp³-hybridized carbons (Fsp3) is 0.206. The zero-order valence-electron chi connectivity index (χ0n) is 24.6. The van der Waals surface area contributed by atoms with Crippen LogP contribution in [-0.2, 0) is 19.4 Å². The van der Waals surface area contributed by atoms with Gasteiger partial charge in [0.1, 0.15) is 11.5 Å². The molecule has 1 aliphatic rings. The molecule has 1 amide bonds. The van der Waals surface area contributed by atoms with E-state index in [2.05, 4.69) is 43.2 Å². The van der Waals surface area contributed by atoms with Crippen LogP contribution in [0, 0.1) is 13.8 Å². The molecule has 10 heteroatoms. The first-order valence-corrected chi connectivity index (χ1v) is 15.3. The van der Waals surface area contributed by atoms with Gasteiger partial charge in [-0.1, -0.05) is 46.3 Å². The summed E-state index contributed by atoms with van der Waals surface area (Å²) in [5.74, 6) is 1.27. The number of carbonyl (C=O) groups excluding carboxylic acids is 1. The SMILES string of the molecule is Cc1nc(-c2ccc(-n3c(=O)c4c(n5ncc(Cc6ccccc6)c35)CN(C(=O)c3ccc(Br)c(C)c3)[C@H](C)C4)cc2)n[nH]1. The molecule has 0 unspecified atom stereocenters. The molecule has 7 rings (SSSR count). The highest BCUT2D eigenvalue weighted by Gasteiger charge is 2.33. The summed E-state index contributed by atoms with van der Waals surface area (Å²) in [6.07, 6.45) is 2.87. The maximum Gasteiger partial charge on any atom is 0.261 e. The number of benzene rings is 3. The summed E-state index contributed by atoms with van der Waals surface area (Å²) in [6.45, 7) is 6.11. The number of fused-ring (bicyclic) bond motifs is 3. The van der Waals surface area contributed by atoms with Crippen LogP contribution in [0.4, 0.5) is 0 Å². The van der Waals surface area contributed by atoms with Crippen molar-refractivity contribution in [2.75, 3.05) is 0 Å². The molecule has 0 saturated heterocycles. The van der Waals surface area contributed by atoms with Gasteiger partial charge in [0.2, 0.25) is 0 Å². The van der Waals surface area contributed by atoms with E-state index < -0.39 is 0 Å². The molecule has 1 atom stereocenters. The molecule has 3 aromatic heterocycles. The van der Waals surface area contributed by atoms with Gasteiger partial charge in [-0.2, -0.15) is 10.2 Å². The van der Waals surface area contributed by atoms with Gasteiger partial charge in [-0.25, -0.2) is 9.50 Å². The van der Waals surface area contributed by atoms with Gasteiger partial charge in [0, 0.05) is 39.2 Å². The zero-order chi connectivity index (χ0) is 30.5. The Morgan fingerprint density at radius 1 is 1.05 bits per heavy atom. The number of carbonyl (C=O) groups is 1. The van der Waals surface area contributed by atoms with Crippen molar-refractivity contribution in [1.82, 2.24) is 34.3 Å². The first-order valence-electron chi connectivity index (χ1n) is 14.5. The van der Waals surface area contributed by atoms with E-state index in [9.17, 15) is 9.59 Å². The van der Waals surface area contributed by atoms with Gasteiger partial charge < -0.3 is 4.90 Å². The fourth-order valence-corrected chi connectivity index (χ4v) is 6.26. The Balaban J connectivity index is 1.37. The second kappa shape index (κ2) is 11.0. The molecule has 0 saturated carbocycles. The molecule has 220 valence electrons. The number of aromatic amines is 1. The molecule has 1 N–H and O–H groups in total. The number of hydrogen-bond donors (Lipinski definition) is 1. The third-order valence-corrected chi connectivity index (χ3v) is 9.22. The highest BCUT2D eigenvalue weighted by molar-refractivity contribution is 9.10. The minimum atomic E-state index is -0.173. The summed E-state index contributed by atoms with van der Waals surface area (Å²) in [5.41, 5.74) is 7.25. The third kappa shape index (κ3) is 4.85. The van der Waals surface area contributed by atoms with Crippen LogP contribution in [0.5, 0.6) is 0 Å². The van der Waals surface area contributed by atoms with Crippen LogP contribution in [0.15, 0.2) is 88.3 Å². The maximum atomic E-state index is 14.4. The minimum Gasteiger partial charge on any atom is -0.330 e. The molecule has 44 heavy (non-hydrogen) atoms. The van der Waals surface area contributed by atoms with E-state index in [4.69, 9.17) is 5.10 Å². The molecule has 3 aromatic carbocycles. The molecule has 6 aromatic rings. The second-order valence-corrected chi connectivity index (χ2v) is 12.2. The van der Waals surface area contributed by atoms with E-state index in [1.165, 1.54) is 0 Å². The average Bonchev–Trinajstić information content (AvgIpc) is 3.65. The fourth-order valence-electron chi connectivity index (χ4n) is 6.01. The van der Waals surface area contributed by atoms with Crippen molar-refractivity contribution in [2.24, 2.45) is 0 Å². The Kier molecular flexibility index (Phi) is 7.01. The Morgan fingerprint density at radius 3 is 2.52 bits per heavy atom. The number of amides is 1. The Labute approximate surface area is 262 Å². The van der Waals surface area contributed by atoms with Crippen LogP contribution in [0.3, 0.4) is 0 Å². The molecule has 0 fully saturated rings. The molecular formula is C34H30BrN7O2. The number of halogens is 1. The number of nitrogens with zero attached hydrogens (tertiary/aromatic N) is 6. The van der Waals surface area contributed by atoms with E-state index in [0.717, 1.165) is 43.9 Å². The van der Waals surface area contributed by atoms with E-state index in [1.807, 2.05) is 97.0 Å². The van der Waals surface area contributed by atoms with E-state index in [1.54, 1.807) is 4.57 Å². The number of aromatic nitrogens is 6. The summed E-state index contributed by atoms with van der Waals surface area (Å²) in [6, 6.07) is 23.3. The predicted octanol–water partition coefficient (Wildman–Crippen LogP) is 5.83. The van der Waals surface area contributed by atoms with E-state index in [0.29, 0.717) is 35.4 Å². The zero-order valence-corrected chi connectivity index (χ0v) is 26.2. The second-order valence-electron chi connectivity index (χ2n) is 11.4. The van der Waals surface area contributed by atoms with Gasteiger partial charge in [0.15, 0.2) is 5.82 Å². The van der Waals surface area contributed by atoms with Gasteiger partial charge in [0.25, 0.3) is 11.5 Å². The van der Waals surface area contributed by atoms with Gasteiger partial charge in [0.05, 0.1) is 24.1 Å². The van der Waals surface area contributed by atoms with Crippen LogP contribution in [0.25, 0.3) is 22.7 Å². The third-order valence-electron chi connectivity index (χ3n) is 8.33. The normalized spacial score (nSPS) is 14.6. The lowest BCUT2D eigenvalue weighted by Crippen LogP contribution is -2.46. The molecule has 0 aliphatic carbocycles. The van der Waals surface area contributed by atoms with Gasteiger partial charge in [-0.3, -0.25) is 19.3 Å². The highest BCUT2D eigenvalue weighted by Crippen LogP contribution is 2.29. The van der Waals surface area contributed by atoms with Crippen molar-refractivity contribution >= 4 is 27.5 Å². The van der Waals surface area contributed by atoms with Crippen molar-refractivity contribution in [1.29, 1.82) is 0 Å². The molecule has 4 heterocycles. The lowest BCUT2D eigenvalue weighted by atomic mass is 9.97.